The van der Waals surface area contributed by atoms with E-state index in [2.05, 4.69) is 10.3 Å². The first-order chi connectivity index (χ1) is 13.2. The van der Waals surface area contributed by atoms with Crippen molar-refractivity contribution < 1.29 is 14.3 Å². The summed E-state index contributed by atoms with van der Waals surface area (Å²) in [6.45, 7) is 1.47. The second kappa shape index (κ2) is 9.21. The Balaban J connectivity index is 1.69. The third kappa shape index (κ3) is 5.09. The Kier molecular flexibility index (Phi) is 6.46. The number of benzene rings is 2. The summed E-state index contributed by atoms with van der Waals surface area (Å²) < 4.78 is 12.6. The zero-order chi connectivity index (χ0) is 19.1. The highest BCUT2D eigenvalue weighted by Crippen LogP contribution is 2.33. The van der Waals surface area contributed by atoms with E-state index in [1.807, 2.05) is 22.9 Å². The number of rotatable bonds is 8. The van der Waals surface area contributed by atoms with Gasteiger partial charge in [0.25, 0.3) is 5.91 Å². The van der Waals surface area contributed by atoms with E-state index < -0.39 is 0 Å². The van der Waals surface area contributed by atoms with E-state index in [4.69, 9.17) is 21.1 Å². The number of hydrogen-bond acceptors (Lipinski definition) is 4. The topological polar surface area (TPSA) is 65.4 Å². The number of aromatic nitrogens is 2. The van der Waals surface area contributed by atoms with Gasteiger partial charge in [0.05, 0.1) is 23.6 Å². The first-order valence-electron chi connectivity index (χ1n) is 8.43. The van der Waals surface area contributed by atoms with Gasteiger partial charge < -0.3 is 19.4 Å². The van der Waals surface area contributed by atoms with Gasteiger partial charge in [-0.15, -0.1) is 0 Å². The number of nitrogens with one attached hydrogen (secondary N) is 1. The molecule has 1 heterocycles. The van der Waals surface area contributed by atoms with Crippen LogP contribution in [0.1, 0.15) is 15.9 Å². The molecule has 0 saturated carbocycles. The van der Waals surface area contributed by atoms with Crippen LogP contribution in [0.4, 0.5) is 5.69 Å². The minimum absolute atomic E-state index is 0.233. The van der Waals surface area contributed by atoms with E-state index in [1.54, 1.807) is 50.0 Å². The SMILES string of the molecule is COCCOc1c(Cl)cccc1NC(=O)c1ccc(Cn2ccnc2)cc1. The number of imidazole rings is 1. The van der Waals surface area contributed by atoms with Crippen LogP contribution >= 0.6 is 11.6 Å². The van der Waals surface area contributed by atoms with Crippen LogP contribution in [-0.4, -0.2) is 35.8 Å². The Morgan fingerprint density at radius 2 is 2.00 bits per heavy atom. The molecule has 6 nitrogen and oxygen atoms in total. The summed E-state index contributed by atoms with van der Waals surface area (Å²) in [5.74, 6) is 0.198. The highest BCUT2D eigenvalue weighted by Gasteiger charge is 2.13. The number of halogens is 1. The summed E-state index contributed by atoms with van der Waals surface area (Å²) in [6.07, 6.45) is 5.38. The normalized spacial score (nSPS) is 10.6. The molecule has 0 aliphatic heterocycles. The molecule has 3 aromatic rings. The molecule has 0 unspecified atom stereocenters. The maximum absolute atomic E-state index is 12.6. The minimum Gasteiger partial charge on any atom is -0.487 e. The molecule has 0 saturated heterocycles. The molecule has 7 heteroatoms. The van der Waals surface area contributed by atoms with Crippen LogP contribution in [0.5, 0.6) is 5.75 Å². The molecular formula is C20H20ClN3O3. The number of para-hydroxylation sites is 1. The van der Waals surface area contributed by atoms with Crippen molar-refractivity contribution in [3.8, 4) is 5.75 Å². The number of amides is 1. The molecule has 0 atom stereocenters. The quantitative estimate of drug-likeness (QED) is 0.598. The van der Waals surface area contributed by atoms with Crippen LogP contribution in [0.25, 0.3) is 0 Å². The maximum Gasteiger partial charge on any atom is 0.255 e. The van der Waals surface area contributed by atoms with Crippen LogP contribution in [-0.2, 0) is 11.3 Å². The third-order valence-electron chi connectivity index (χ3n) is 3.89. The standard InChI is InChI=1S/C20H20ClN3O3/c1-26-11-12-27-19-17(21)3-2-4-18(19)23-20(25)16-7-5-15(6-8-16)13-24-10-9-22-14-24/h2-10,14H,11-13H2,1H3,(H,23,25). The number of anilines is 1. The van der Waals surface area contributed by atoms with Crippen LogP contribution in [0, 0.1) is 0 Å². The van der Waals surface area contributed by atoms with Crippen LogP contribution in [0.3, 0.4) is 0 Å². The van der Waals surface area contributed by atoms with Crippen molar-refractivity contribution in [1.29, 1.82) is 0 Å². The lowest BCUT2D eigenvalue weighted by atomic mass is 10.1. The predicted octanol–water partition coefficient (Wildman–Crippen LogP) is 3.86. The molecule has 1 amide bonds. The number of methoxy groups -OCH3 is 1. The van der Waals surface area contributed by atoms with Gasteiger partial charge in [0, 0.05) is 31.6 Å². The largest absolute Gasteiger partial charge is 0.487 e. The van der Waals surface area contributed by atoms with Gasteiger partial charge in [-0.25, -0.2) is 4.98 Å². The van der Waals surface area contributed by atoms with Gasteiger partial charge in [-0.1, -0.05) is 29.8 Å². The Hall–Kier alpha value is -2.83. The summed E-state index contributed by atoms with van der Waals surface area (Å²) in [6, 6.07) is 12.6. The van der Waals surface area contributed by atoms with Gasteiger partial charge in [-0.05, 0) is 29.8 Å². The Morgan fingerprint density at radius 3 is 2.70 bits per heavy atom. The van der Waals surface area contributed by atoms with E-state index in [1.165, 1.54) is 0 Å². The fourth-order valence-electron chi connectivity index (χ4n) is 2.53. The molecule has 140 valence electrons. The van der Waals surface area contributed by atoms with Crippen LogP contribution in [0.15, 0.2) is 61.2 Å². The number of ether oxygens (including phenoxy) is 2. The second-order valence-electron chi connectivity index (χ2n) is 5.84. The Bertz CT molecular complexity index is 880. The zero-order valence-electron chi connectivity index (χ0n) is 14.9. The molecule has 0 radical (unpaired) electrons. The van der Waals surface area contributed by atoms with Gasteiger partial charge in [-0.3, -0.25) is 4.79 Å². The molecule has 0 aliphatic carbocycles. The van der Waals surface area contributed by atoms with E-state index in [0.717, 1.165) is 5.56 Å². The van der Waals surface area contributed by atoms with E-state index >= 15 is 0 Å². The van der Waals surface area contributed by atoms with E-state index in [9.17, 15) is 4.79 Å². The van der Waals surface area contributed by atoms with Crippen molar-refractivity contribution in [2.45, 2.75) is 6.54 Å². The molecule has 0 bridgehead atoms. The summed E-state index contributed by atoms with van der Waals surface area (Å²) >= 11 is 6.20. The first-order valence-corrected chi connectivity index (χ1v) is 8.81. The molecule has 2 aromatic carbocycles. The van der Waals surface area contributed by atoms with E-state index in [0.29, 0.717) is 41.8 Å². The van der Waals surface area contributed by atoms with Crippen molar-refractivity contribution in [1.82, 2.24) is 9.55 Å². The molecular weight excluding hydrogens is 366 g/mol. The maximum atomic E-state index is 12.6. The Labute approximate surface area is 162 Å². The minimum atomic E-state index is -0.233. The number of carbonyl (C=O) groups excluding carboxylic acids is 1. The van der Waals surface area contributed by atoms with Crippen LogP contribution < -0.4 is 10.1 Å². The molecule has 1 aromatic heterocycles. The average molecular weight is 386 g/mol. The first kappa shape index (κ1) is 18.9. The van der Waals surface area contributed by atoms with Crippen molar-refractivity contribution in [3.05, 3.63) is 77.3 Å². The number of nitrogens with zero attached hydrogens (tertiary/aromatic N) is 2. The molecule has 0 aliphatic rings. The number of hydrogen-bond donors (Lipinski definition) is 1. The van der Waals surface area contributed by atoms with Gasteiger partial charge in [0.2, 0.25) is 0 Å². The fourth-order valence-corrected chi connectivity index (χ4v) is 2.76. The molecule has 27 heavy (non-hydrogen) atoms. The molecule has 3 rings (SSSR count). The smallest absolute Gasteiger partial charge is 0.255 e. The third-order valence-corrected chi connectivity index (χ3v) is 4.19. The zero-order valence-corrected chi connectivity index (χ0v) is 15.6. The van der Waals surface area contributed by atoms with Crippen molar-refractivity contribution in [2.75, 3.05) is 25.6 Å². The second-order valence-corrected chi connectivity index (χ2v) is 6.25. The molecule has 0 spiro atoms. The van der Waals surface area contributed by atoms with Gasteiger partial charge in [-0.2, -0.15) is 0 Å². The van der Waals surface area contributed by atoms with E-state index in [-0.39, 0.29) is 5.91 Å². The fraction of sp³-hybridized carbons (Fsp3) is 0.200. The van der Waals surface area contributed by atoms with Gasteiger partial charge in [0.15, 0.2) is 5.75 Å². The van der Waals surface area contributed by atoms with Crippen molar-refractivity contribution in [3.63, 3.8) is 0 Å². The summed E-state index contributed by atoms with van der Waals surface area (Å²) in [5, 5.41) is 3.29. The number of carbonyl (C=O) groups is 1. The highest BCUT2D eigenvalue weighted by atomic mass is 35.5. The lowest BCUT2D eigenvalue weighted by molar-refractivity contribution is 0.102. The van der Waals surface area contributed by atoms with Crippen molar-refractivity contribution in [2.24, 2.45) is 0 Å². The summed E-state index contributed by atoms with van der Waals surface area (Å²) in [5.41, 5.74) is 2.15. The molecule has 0 fully saturated rings. The monoisotopic (exact) mass is 385 g/mol. The summed E-state index contributed by atoms with van der Waals surface area (Å²) in [7, 11) is 1.59. The Morgan fingerprint density at radius 1 is 1.19 bits per heavy atom. The average Bonchev–Trinajstić information content (AvgIpc) is 3.17. The molecule has 1 N–H and O–H groups in total. The lowest BCUT2D eigenvalue weighted by Crippen LogP contribution is -2.14. The predicted molar refractivity (Wildman–Crippen MR) is 105 cm³/mol. The van der Waals surface area contributed by atoms with Crippen LogP contribution in [0.2, 0.25) is 5.02 Å². The van der Waals surface area contributed by atoms with Gasteiger partial charge in [0.1, 0.15) is 6.61 Å². The van der Waals surface area contributed by atoms with Gasteiger partial charge >= 0.3 is 0 Å². The summed E-state index contributed by atoms with van der Waals surface area (Å²) in [4.78, 5) is 16.6. The highest BCUT2D eigenvalue weighted by molar-refractivity contribution is 6.32. The van der Waals surface area contributed by atoms with Crippen molar-refractivity contribution >= 4 is 23.2 Å². The lowest BCUT2D eigenvalue weighted by Gasteiger charge is -2.14.